The van der Waals surface area contributed by atoms with Crippen LogP contribution in [-0.2, 0) is 23.2 Å². The molecule has 9 nitrogen and oxygen atoms in total. The first-order valence-corrected chi connectivity index (χ1v) is 10.0. The molecule has 4 atom stereocenters. The Bertz CT molecular complexity index is 857. The maximum Gasteiger partial charge on any atom is 0.233 e. The van der Waals surface area contributed by atoms with Crippen LogP contribution in [-0.4, -0.2) is 57.1 Å². The number of allylic oxidation sites excluding steroid dienone is 2. The minimum Gasteiger partial charge on any atom is -0.355 e. The molecule has 29 heavy (non-hydrogen) atoms. The molecule has 9 heteroatoms. The lowest BCUT2D eigenvalue weighted by molar-refractivity contribution is -0.140. The predicted octanol–water partition coefficient (Wildman–Crippen LogP) is 0.152. The minimum atomic E-state index is -0.149. The molecule has 3 aliphatic rings. The van der Waals surface area contributed by atoms with Crippen LogP contribution < -0.4 is 10.6 Å². The van der Waals surface area contributed by atoms with E-state index in [1.54, 1.807) is 6.08 Å². The summed E-state index contributed by atoms with van der Waals surface area (Å²) in [6.07, 6.45) is 6.90. The molecular weight excluding hydrogens is 370 g/mol. The Morgan fingerprint density at radius 3 is 2.52 bits per heavy atom. The van der Waals surface area contributed by atoms with Gasteiger partial charge in [0.15, 0.2) is 11.8 Å². The van der Waals surface area contributed by atoms with E-state index in [0.717, 1.165) is 18.1 Å². The van der Waals surface area contributed by atoms with Gasteiger partial charge in [0.2, 0.25) is 11.8 Å². The van der Waals surface area contributed by atoms with E-state index in [4.69, 9.17) is 0 Å². The maximum absolute atomic E-state index is 12.8. The fourth-order valence-electron chi connectivity index (χ4n) is 4.55. The number of aromatic nitrogens is 3. The number of hydrogen-bond donors (Lipinski definition) is 2. The molecule has 2 heterocycles. The molecular formula is C20H27N7O2. The van der Waals surface area contributed by atoms with Crippen molar-refractivity contribution in [3.8, 4) is 0 Å². The van der Waals surface area contributed by atoms with Crippen molar-refractivity contribution in [2.45, 2.75) is 19.9 Å². The summed E-state index contributed by atoms with van der Waals surface area (Å²) in [5.74, 6) is 2.28. The first-order valence-electron chi connectivity index (χ1n) is 10.0. The number of amides is 2. The van der Waals surface area contributed by atoms with Crippen LogP contribution in [0.4, 0.5) is 0 Å². The standard InChI is InChI=1S/C20H27N7O2/c1-4-7-21-20(23-11-15-25-24-12(2)26(15)3)22-8-9-27-18(28)16-13-5-6-14(10-13)17(16)19(27)29/h4-6,13-14,16-17H,1,7-11H2,2-3H3,(H2,21,22,23). The summed E-state index contributed by atoms with van der Waals surface area (Å²) in [6, 6.07) is 0. The number of aliphatic imine (C=N–C) groups is 1. The number of rotatable bonds is 7. The predicted molar refractivity (Wildman–Crippen MR) is 108 cm³/mol. The normalized spacial score (nSPS) is 27.7. The highest BCUT2D eigenvalue weighted by Gasteiger charge is 2.58. The van der Waals surface area contributed by atoms with Crippen LogP contribution in [0.25, 0.3) is 0 Å². The fourth-order valence-corrected chi connectivity index (χ4v) is 4.55. The Balaban J connectivity index is 1.35. The summed E-state index contributed by atoms with van der Waals surface area (Å²) in [5, 5.41) is 14.5. The van der Waals surface area contributed by atoms with E-state index in [0.29, 0.717) is 32.1 Å². The lowest BCUT2D eigenvalue weighted by Crippen LogP contribution is -2.43. The van der Waals surface area contributed by atoms with Crippen molar-refractivity contribution in [3.05, 3.63) is 36.5 Å². The molecule has 0 aromatic carbocycles. The second-order valence-electron chi connectivity index (χ2n) is 7.81. The maximum atomic E-state index is 12.8. The van der Waals surface area contributed by atoms with Gasteiger partial charge < -0.3 is 15.2 Å². The number of likely N-dealkylation sites (tertiary alicyclic amines) is 1. The number of hydrogen-bond acceptors (Lipinski definition) is 5. The molecule has 2 N–H and O–H groups in total. The molecule has 0 radical (unpaired) electrons. The quantitative estimate of drug-likeness (QED) is 0.294. The van der Waals surface area contributed by atoms with Crippen LogP contribution in [0, 0.1) is 30.6 Å². The van der Waals surface area contributed by atoms with Crippen LogP contribution >= 0.6 is 0 Å². The molecule has 1 aromatic rings. The van der Waals surface area contributed by atoms with Gasteiger partial charge in [0.25, 0.3) is 0 Å². The SMILES string of the molecule is C=CCNC(=NCc1nnc(C)n1C)NCCN1C(=O)C2C3C=CC(C3)C2C1=O. The highest BCUT2D eigenvalue weighted by Crippen LogP contribution is 2.52. The molecule has 2 fully saturated rings. The lowest BCUT2D eigenvalue weighted by Gasteiger charge is -2.18. The van der Waals surface area contributed by atoms with Crippen molar-refractivity contribution in [1.82, 2.24) is 30.3 Å². The molecule has 1 aromatic heterocycles. The zero-order valence-corrected chi connectivity index (χ0v) is 16.8. The first-order chi connectivity index (χ1) is 14.0. The molecule has 2 bridgehead atoms. The summed E-state index contributed by atoms with van der Waals surface area (Å²) in [5.41, 5.74) is 0. The molecule has 2 aliphatic carbocycles. The number of imide groups is 1. The van der Waals surface area contributed by atoms with E-state index in [1.165, 1.54) is 4.90 Å². The average Bonchev–Trinajstić information content (AvgIpc) is 3.46. The van der Waals surface area contributed by atoms with E-state index in [1.807, 2.05) is 18.5 Å². The number of guanidine groups is 1. The van der Waals surface area contributed by atoms with Crippen molar-refractivity contribution in [1.29, 1.82) is 0 Å². The van der Waals surface area contributed by atoms with Gasteiger partial charge in [-0.3, -0.25) is 14.5 Å². The monoisotopic (exact) mass is 397 g/mol. The zero-order chi connectivity index (χ0) is 20.5. The van der Waals surface area contributed by atoms with Crippen molar-refractivity contribution < 1.29 is 9.59 Å². The van der Waals surface area contributed by atoms with Gasteiger partial charge in [-0.25, -0.2) is 4.99 Å². The molecule has 2 amide bonds. The van der Waals surface area contributed by atoms with Crippen LogP contribution in [0.3, 0.4) is 0 Å². The first kappa shape index (κ1) is 19.4. The molecule has 1 saturated heterocycles. The number of aryl methyl sites for hydroxylation is 1. The topological polar surface area (TPSA) is 105 Å². The molecule has 1 saturated carbocycles. The molecule has 4 rings (SSSR count). The third-order valence-electron chi connectivity index (χ3n) is 6.16. The Kier molecular flexibility index (Phi) is 5.21. The van der Waals surface area contributed by atoms with E-state index in [2.05, 4.69) is 44.6 Å². The average molecular weight is 397 g/mol. The second-order valence-corrected chi connectivity index (χ2v) is 7.81. The van der Waals surface area contributed by atoms with Gasteiger partial charge in [-0.1, -0.05) is 18.2 Å². The molecule has 1 aliphatic heterocycles. The third kappa shape index (κ3) is 3.45. The van der Waals surface area contributed by atoms with E-state index >= 15 is 0 Å². The molecule has 0 spiro atoms. The lowest BCUT2D eigenvalue weighted by atomic mass is 9.85. The Morgan fingerprint density at radius 2 is 1.93 bits per heavy atom. The highest BCUT2D eigenvalue weighted by atomic mass is 16.2. The summed E-state index contributed by atoms with van der Waals surface area (Å²) in [6.45, 7) is 7.27. The van der Waals surface area contributed by atoms with Crippen LogP contribution in [0.1, 0.15) is 18.1 Å². The summed E-state index contributed by atoms with van der Waals surface area (Å²) in [4.78, 5) is 31.5. The Labute approximate surface area is 170 Å². The van der Waals surface area contributed by atoms with Gasteiger partial charge in [-0.15, -0.1) is 16.8 Å². The van der Waals surface area contributed by atoms with Gasteiger partial charge >= 0.3 is 0 Å². The van der Waals surface area contributed by atoms with Gasteiger partial charge in [-0.05, 0) is 25.2 Å². The number of nitrogens with one attached hydrogen (secondary N) is 2. The molecule has 4 unspecified atom stereocenters. The number of carbonyl (C=O) groups is 2. The van der Waals surface area contributed by atoms with E-state index in [9.17, 15) is 9.59 Å². The van der Waals surface area contributed by atoms with E-state index in [-0.39, 0.29) is 35.5 Å². The summed E-state index contributed by atoms with van der Waals surface area (Å²) >= 11 is 0. The van der Waals surface area contributed by atoms with Crippen molar-refractivity contribution in [2.24, 2.45) is 35.7 Å². The largest absolute Gasteiger partial charge is 0.355 e. The van der Waals surface area contributed by atoms with Crippen LogP contribution in [0.2, 0.25) is 0 Å². The van der Waals surface area contributed by atoms with Gasteiger partial charge in [-0.2, -0.15) is 0 Å². The minimum absolute atomic E-state index is 0.0225. The van der Waals surface area contributed by atoms with E-state index < -0.39 is 0 Å². The number of nitrogens with zero attached hydrogens (tertiary/aromatic N) is 5. The highest BCUT2D eigenvalue weighted by molar-refractivity contribution is 6.06. The van der Waals surface area contributed by atoms with Gasteiger partial charge in [0.1, 0.15) is 12.4 Å². The van der Waals surface area contributed by atoms with Crippen molar-refractivity contribution >= 4 is 17.8 Å². The van der Waals surface area contributed by atoms with Gasteiger partial charge in [0.05, 0.1) is 11.8 Å². The fraction of sp³-hybridized carbons (Fsp3) is 0.550. The summed E-state index contributed by atoms with van der Waals surface area (Å²) in [7, 11) is 1.90. The number of fused-ring (bicyclic) bond motifs is 5. The number of carbonyl (C=O) groups excluding carboxylic acids is 2. The molecule has 154 valence electrons. The third-order valence-corrected chi connectivity index (χ3v) is 6.16. The Morgan fingerprint density at radius 1 is 1.24 bits per heavy atom. The smallest absolute Gasteiger partial charge is 0.233 e. The van der Waals surface area contributed by atoms with Crippen molar-refractivity contribution in [2.75, 3.05) is 19.6 Å². The summed E-state index contributed by atoms with van der Waals surface area (Å²) < 4.78 is 1.89. The Hall–Kier alpha value is -2.97. The second kappa shape index (κ2) is 7.81. The van der Waals surface area contributed by atoms with Crippen molar-refractivity contribution in [3.63, 3.8) is 0 Å². The van der Waals surface area contributed by atoms with Gasteiger partial charge in [0, 0.05) is 26.7 Å². The zero-order valence-electron chi connectivity index (χ0n) is 16.8. The van der Waals surface area contributed by atoms with Crippen LogP contribution in [0.5, 0.6) is 0 Å². The van der Waals surface area contributed by atoms with Crippen LogP contribution in [0.15, 0.2) is 29.8 Å².